The number of aromatic amines is 1. The lowest BCUT2D eigenvalue weighted by molar-refractivity contribution is 0.0852. The highest BCUT2D eigenvalue weighted by Gasteiger charge is 2.30. The van der Waals surface area contributed by atoms with E-state index in [1.54, 1.807) is 11.7 Å². The van der Waals surface area contributed by atoms with E-state index in [0.29, 0.717) is 18.5 Å². The predicted octanol–water partition coefficient (Wildman–Crippen LogP) is 4.53. The molecule has 4 rings (SSSR count). The summed E-state index contributed by atoms with van der Waals surface area (Å²) < 4.78 is 6.68. The number of amides is 1. The molecule has 0 aliphatic heterocycles. The smallest absolute Gasteiger partial charge is 0.407 e. The van der Waals surface area contributed by atoms with Crippen molar-refractivity contribution in [2.75, 3.05) is 0 Å². The Morgan fingerprint density at radius 3 is 2.28 bits per heavy atom. The molecule has 0 saturated heterocycles. The summed E-state index contributed by atoms with van der Waals surface area (Å²) in [5.74, 6) is -0.235. The van der Waals surface area contributed by atoms with Crippen LogP contribution in [0.3, 0.4) is 0 Å². The summed E-state index contributed by atoms with van der Waals surface area (Å²) in [7, 11) is 0. The van der Waals surface area contributed by atoms with Gasteiger partial charge < -0.3 is 25.3 Å². The quantitative estimate of drug-likeness (QED) is 0.205. The van der Waals surface area contributed by atoms with Gasteiger partial charge in [0.2, 0.25) is 5.88 Å². The van der Waals surface area contributed by atoms with E-state index in [9.17, 15) is 19.8 Å². The van der Waals surface area contributed by atoms with Crippen LogP contribution in [0.5, 0.6) is 5.88 Å². The topological polar surface area (TPSA) is 129 Å². The van der Waals surface area contributed by atoms with Gasteiger partial charge in [0.1, 0.15) is 6.61 Å². The number of carbonyl (C=O) groups is 1. The normalized spacial score (nSPS) is 13.6. The van der Waals surface area contributed by atoms with Crippen LogP contribution in [0.15, 0.2) is 77.2 Å². The van der Waals surface area contributed by atoms with Crippen LogP contribution in [-0.2, 0) is 24.2 Å². The van der Waals surface area contributed by atoms with Crippen molar-refractivity contribution in [2.24, 2.45) is 0 Å². The SMILES string of the molecule is CC(C)c1[nH]c(=O)n([C@@H](Cc2ccccc2)C[C@H](O)[C@H](Cc2ccccc2)NC(=O)OCc2cncs2)c1O. The summed E-state index contributed by atoms with van der Waals surface area (Å²) in [6.45, 7) is 3.84. The minimum absolute atomic E-state index is 0.0753. The summed E-state index contributed by atoms with van der Waals surface area (Å²) in [5.41, 5.74) is 3.53. The van der Waals surface area contributed by atoms with E-state index in [2.05, 4.69) is 15.3 Å². The van der Waals surface area contributed by atoms with Crippen LogP contribution in [0.2, 0.25) is 0 Å². The van der Waals surface area contributed by atoms with Gasteiger partial charge in [0.25, 0.3) is 0 Å². The third-order valence-electron chi connectivity index (χ3n) is 6.59. The van der Waals surface area contributed by atoms with Crippen molar-refractivity contribution in [3.05, 3.63) is 105 Å². The number of H-pyrrole nitrogens is 1. The summed E-state index contributed by atoms with van der Waals surface area (Å²) in [4.78, 5) is 33.3. The van der Waals surface area contributed by atoms with Gasteiger partial charge in [0, 0.05) is 12.2 Å². The molecule has 0 aliphatic carbocycles. The van der Waals surface area contributed by atoms with Crippen LogP contribution in [0.25, 0.3) is 0 Å². The third kappa shape index (κ3) is 7.58. The Bertz CT molecular complexity index is 1370. The first kappa shape index (κ1) is 28.1. The lowest BCUT2D eigenvalue weighted by atomic mass is 9.93. The molecule has 0 spiro atoms. The lowest BCUT2D eigenvalue weighted by Crippen LogP contribution is -2.46. The van der Waals surface area contributed by atoms with E-state index in [-0.39, 0.29) is 24.8 Å². The molecule has 2 aromatic heterocycles. The third-order valence-corrected chi connectivity index (χ3v) is 7.35. The Balaban J connectivity index is 1.58. The van der Waals surface area contributed by atoms with Gasteiger partial charge in [-0.25, -0.2) is 9.59 Å². The van der Waals surface area contributed by atoms with Crippen LogP contribution in [0, 0.1) is 0 Å². The first-order chi connectivity index (χ1) is 18.8. The molecule has 2 heterocycles. The maximum Gasteiger partial charge on any atom is 0.407 e. The van der Waals surface area contributed by atoms with E-state index in [0.717, 1.165) is 16.0 Å². The summed E-state index contributed by atoms with van der Waals surface area (Å²) in [5, 5.41) is 25.3. The zero-order valence-corrected chi connectivity index (χ0v) is 22.8. The molecule has 39 heavy (non-hydrogen) atoms. The van der Waals surface area contributed by atoms with Crippen molar-refractivity contribution in [1.82, 2.24) is 19.9 Å². The molecule has 0 radical (unpaired) electrons. The highest BCUT2D eigenvalue weighted by Crippen LogP contribution is 2.29. The second kappa shape index (κ2) is 13.3. The molecule has 1 amide bonds. The average molecular weight is 551 g/mol. The van der Waals surface area contributed by atoms with Gasteiger partial charge in [-0.05, 0) is 36.3 Å². The van der Waals surface area contributed by atoms with Gasteiger partial charge in [-0.15, -0.1) is 11.3 Å². The molecular formula is C29H34N4O5S. The van der Waals surface area contributed by atoms with Crippen molar-refractivity contribution in [3.8, 4) is 5.88 Å². The van der Waals surface area contributed by atoms with E-state index in [4.69, 9.17) is 4.74 Å². The number of nitrogens with one attached hydrogen (secondary N) is 2. The minimum Gasteiger partial charge on any atom is -0.493 e. The number of thiazole rings is 1. The molecule has 0 fully saturated rings. The number of benzene rings is 2. The maximum atomic E-state index is 13.0. The van der Waals surface area contributed by atoms with Gasteiger partial charge in [0.15, 0.2) is 0 Å². The zero-order valence-electron chi connectivity index (χ0n) is 22.0. The van der Waals surface area contributed by atoms with Gasteiger partial charge in [0.05, 0.1) is 28.2 Å². The zero-order chi connectivity index (χ0) is 27.8. The van der Waals surface area contributed by atoms with Crippen LogP contribution in [-0.4, -0.2) is 43.0 Å². The van der Waals surface area contributed by atoms with Crippen LogP contribution < -0.4 is 11.0 Å². The van der Waals surface area contributed by atoms with E-state index < -0.39 is 30.0 Å². The number of aromatic hydroxyl groups is 1. The molecule has 4 aromatic rings. The van der Waals surface area contributed by atoms with Crippen molar-refractivity contribution >= 4 is 17.4 Å². The summed E-state index contributed by atoms with van der Waals surface area (Å²) >= 11 is 1.38. The molecule has 0 aliphatic rings. The van der Waals surface area contributed by atoms with Crippen LogP contribution in [0.1, 0.15) is 53.9 Å². The van der Waals surface area contributed by atoms with Gasteiger partial charge in [-0.1, -0.05) is 74.5 Å². The van der Waals surface area contributed by atoms with Crippen molar-refractivity contribution in [2.45, 2.75) is 63.8 Å². The second-order valence-electron chi connectivity index (χ2n) is 9.82. The number of aromatic nitrogens is 3. The minimum atomic E-state index is -1.06. The van der Waals surface area contributed by atoms with Crippen molar-refractivity contribution < 1.29 is 19.7 Å². The largest absolute Gasteiger partial charge is 0.493 e. The second-order valence-corrected chi connectivity index (χ2v) is 10.8. The molecule has 4 N–H and O–H groups in total. The number of alkyl carbamates (subject to hydrolysis) is 1. The average Bonchev–Trinajstić information content (AvgIpc) is 3.55. The Morgan fingerprint density at radius 1 is 1.08 bits per heavy atom. The number of nitrogens with zero attached hydrogens (tertiary/aromatic N) is 2. The highest BCUT2D eigenvalue weighted by molar-refractivity contribution is 7.09. The van der Waals surface area contributed by atoms with Crippen molar-refractivity contribution in [3.63, 3.8) is 0 Å². The monoisotopic (exact) mass is 550 g/mol. The molecule has 0 unspecified atom stereocenters. The standard InChI is InChI=1S/C29H34N4O5S/c1-19(2)26-27(35)33(28(36)32-26)22(13-20-9-5-3-6-10-20)15-25(34)24(14-21-11-7-4-8-12-21)31-29(37)38-17-23-16-30-18-39-23/h3-12,16,18-19,22,24-25,34-35H,13-15,17H2,1-2H3,(H,31,37)(H,32,36)/t22-,24-,25-/m0/s1. The van der Waals surface area contributed by atoms with Crippen LogP contribution >= 0.6 is 11.3 Å². The van der Waals surface area contributed by atoms with Gasteiger partial charge in [-0.2, -0.15) is 0 Å². The van der Waals surface area contributed by atoms with E-state index >= 15 is 0 Å². The number of aliphatic hydroxyl groups is 1. The summed E-state index contributed by atoms with van der Waals surface area (Å²) in [6.07, 6.45) is 0.764. The first-order valence-corrected chi connectivity index (χ1v) is 13.8. The number of carbonyl (C=O) groups excluding carboxylic acids is 1. The van der Waals surface area contributed by atoms with Crippen molar-refractivity contribution in [1.29, 1.82) is 0 Å². The Labute approximate surface area is 231 Å². The number of imidazole rings is 1. The van der Waals surface area contributed by atoms with E-state index in [1.165, 1.54) is 15.9 Å². The number of ether oxygens (including phenoxy) is 1. The lowest BCUT2D eigenvalue weighted by Gasteiger charge is -2.28. The predicted molar refractivity (Wildman–Crippen MR) is 150 cm³/mol. The Hall–Kier alpha value is -3.89. The fourth-order valence-electron chi connectivity index (χ4n) is 4.60. The van der Waals surface area contributed by atoms with Gasteiger partial charge in [-0.3, -0.25) is 9.55 Å². The Kier molecular flexibility index (Phi) is 9.56. The molecule has 10 heteroatoms. The highest BCUT2D eigenvalue weighted by atomic mass is 32.1. The maximum absolute atomic E-state index is 13.0. The van der Waals surface area contributed by atoms with E-state index in [1.807, 2.05) is 74.5 Å². The molecule has 9 nitrogen and oxygen atoms in total. The van der Waals surface area contributed by atoms with Gasteiger partial charge >= 0.3 is 11.8 Å². The molecule has 0 saturated carbocycles. The fraction of sp³-hybridized carbons (Fsp3) is 0.345. The molecule has 2 aromatic carbocycles. The summed E-state index contributed by atoms with van der Waals surface area (Å²) in [6, 6.07) is 17.8. The number of rotatable bonds is 12. The number of aliphatic hydroxyl groups excluding tert-OH is 1. The number of hydrogen-bond acceptors (Lipinski definition) is 7. The molecule has 0 bridgehead atoms. The van der Waals surface area contributed by atoms with Crippen LogP contribution in [0.4, 0.5) is 4.79 Å². The number of hydrogen-bond donors (Lipinski definition) is 4. The molecule has 3 atom stereocenters. The first-order valence-electron chi connectivity index (χ1n) is 12.9. The Morgan fingerprint density at radius 2 is 1.72 bits per heavy atom. The fourth-order valence-corrected chi connectivity index (χ4v) is 5.11. The molecular weight excluding hydrogens is 516 g/mol. The molecule has 206 valence electrons.